The molecule has 2 heterocycles. The second-order valence-corrected chi connectivity index (χ2v) is 16.0. The molecule has 3 aliphatic rings. The maximum atomic E-state index is 2.66. The lowest BCUT2D eigenvalue weighted by molar-refractivity contribution is 0.397. The van der Waals surface area contributed by atoms with Gasteiger partial charge in [0.1, 0.15) is 0 Å². The van der Waals surface area contributed by atoms with E-state index in [0.29, 0.717) is 0 Å². The molecular formula is C43H64N2. The summed E-state index contributed by atoms with van der Waals surface area (Å²) in [5.74, 6) is 0. The van der Waals surface area contributed by atoms with Crippen molar-refractivity contribution in [1.82, 2.24) is 0 Å². The SMILES string of the molecule is CCCCCCCCC1(CCCCCCCC)c2cc3c(cc2-c2cc4c(cc21)N(C)C(C)(C)C=C4C)C(C)=CC(C)(C)N3C. The van der Waals surface area contributed by atoms with Crippen LogP contribution < -0.4 is 9.80 Å². The molecule has 2 heteroatoms. The summed E-state index contributed by atoms with van der Waals surface area (Å²) < 4.78 is 0. The fourth-order valence-electron chi connectivity index (χ4n) is 8.85. The molecule has 45 heavy (non-hydrogen) atoms. The summed E-state index contributed by atoms with van der Waals surface area (Å²) in [6.07, 6.45) is 23.7. The Morgan fingerprint density at radius 3 is 1.22 bits per heavy atom. The smallest absolute Gasteiger partial charge is 0.0531 e. The van der Waals surface area contributed by atoms with E-state index in [4.69, 9.17) is 0 Å². The highest BCUT2D eigenvalue weighted by atomic mass is 15.2. The number of rotatable bonds is 14. The van der Waals surface area contributed by atoms with Gasteiger partial charge in [0.25, 0.3) is 0 Å². The third-order valence-electron chi connectivity index (χ3n) is 11.9. The first-order valence-electron chi connectivity index (χ1n) is 18.6. The highest BCUT2D eigenvalue weighted by molar-refractivity contribution is 5.94. The summed E-state index contributed by atoms with van der Waals surface area (Å²) in [5, 5.41) is 0. The molecule has 0 fully saturated rings. The highest BCUT2D eigenvalue weighted by Crippen LogP contribution is 2.59. The van der Waals surface area contributed by atoms with E-state index in [1.807, 2.05) is 0 Å². The quantitative estimate of drug-likeness (QED) is 0.197. The van der Waals surface area contributed by atoms with E-state index < -0.39 is 0 Å². The molecule has 0 saturated carbocycles. The Hall–Kier alpha value is -2.48. The number of fused-ring (bicyclic) bond motifs is 5. The maximum Gasteiger partial charge on any atom is 0.0531 e. The zero-order chi connectivity index (χ0) is 32.6. The minimum Gasteiger partial charge on any atom is -0.365 e. The van der Waals surface area contributed by atoms with E-state index in [-0.39, 0.29) is 16.5 Å². The molecule has 0 bridgehead atoms. The van der Waals surface area contributed by atoms with Crippen molar-refractivity contribution in [2.45, 2.75) is 162 Å². The van der Waals surface area contributed by atoms with E-state index in [1.54, 1.807) is 11.1 Å². The Bertz CT molecular complexity index is 1320. The number of allylic oxidation sites excluding steroid dienone is 2. The number of nitrogens with zero attached hydrogens (tertiary/aromatic N) is 2. The van der Waals surface area contributed by atoms with Gasteiger partial charge >= 0.3 is 0 Å². The molecule has 0 radical (unpaired) electrons. The van der Waals surface area contributed by atoms with Crippen molar-refractivity contribution >= 4 is 22.5 Å². The average molecular weight is 609 g/mol. The van der Waals surface area contributed by atoms with Crippen molar-refractivity contribution in [3.63, 3.8) is 0 Å². The van der Waals surface area contributed by atoms with Gasteiger partial charge in [0.15, 0.2) is 0 Å². The van der Waals surface area contributed by atoms with Gasteiger partial charge in [-0.1, -0.05) is 103 Å². The number of anilines is 2. The molecule has 5 rings (SSSR count). The van der Waals surface area contributed by atoms with E-state index in [9.17, 15) is 0 Å². The first-order chi connectivity index (χ1) is 21.4. The lowest BCUT2D eigenvalue weighted by atomic mass is 9.69. The zero-order valence-electron chi connectivity index (χ0n) is 30.8. The van der Waals surface area contributed by atoms with Gasteiger partial charge in [-0.15, -0.1) is 0 Å². The van der Waals surface area contributed by atoms with Crippen LogP contribution in [0.5, 0.6) is 0 Å². The van der Waals surface area contributed by atoms with Crippen molar-refractivity contribution in [2.24, 2.45) is 0 Å². The van der Waals surface area contributed by atoms with Crippen LogP contribution in [0.15, 0.2) is 36.4 Å². The lowest BCUT2D eigenvalue weighted by Gasteiger charge is -2.42. The fraction of sp³-hybridized carbons (Fsp3) is 0.628. The Kier molecular flexibility index (Phi) is 10.0. The second-order valence-electron chi connectivity index (χ2n) is 16.0. The number of unbranched alkanes of at least 4 members (excludes halogenated alkanes) is 10. The molecule has 0 spiro atoms. The second kappa shape index (κ2) is 13.3. The van der Waals surface area contributed by atoms with Crippen molar-refractivity contribution in [3.05, 3.63) is 58.7 Å². The van der Waals surface area contributed by atoms with Crippen LogP contribution in [0.3, 0.4) is 0 Å². The standard InChI is InChI=1S/C43H64N2/c1-11-13-15-17-19-21-23-43(24-22-20-18-16-14-12-2)37-27-39-33(31(3)29-41(5,6)44(39)9)25-35(37)36-26-34-32(4)30-42(7,8)45(10)40(34)28-38(36)43/h25-30H,11-24H2,1-10H3. The average Bonchev–Trinajstić information content (AvgIpc) is 3.24. The molecule has 1 aliphatic carbocycles. The van der Waals surface area contributed by atoms with E-state index >= 15 is 0 Å². The van der Waals surface area contributed by atoms with Gasteiger partial charge in [0, 0.05) is 42.0 Å². The van der Waals surface area contributed by atoms with Crippen LogP contribution >= 0.6 is 0 Å². The van der Waals surface area contributed by atoms with E-state index in [2.05, 4.69) is 116 Å². The van der Waals surface area contributed by atoms with E-state index in [0.717, 1.165) is 0 Å². The summed E-state index contributed by atoms with van der Waals surface area (Å²) in [6, 6.07) is 10.5. The maximum absolute atomic E-state index is 2.66. The van der Waals surface area contributed by atoms with Gasteiger partial charge in [-0.05, 0) is 112 Å². The third-order valence-corrected chi connectivity index (χ3v) is 11.9. The third kappa shape index (κ3) is 6.29. The van der Waals surface area contributed by atoms with Gasteiger partial charge in [-0.3, -0.25) is 0 Å². The Morgan fingerprint density at radius 1 is 0.489 bits per heavy atom. The molecule has 0 amide bonds. The van der Waals surface area contributed by atoms with Crippen molar-refractivity contribution in [3.8, 4) is 11.1 Å². The van der Waals surface area contributed by atoms with Crippen LogP contribution in [0, 0.1) is 0 Å². The predicted molar refractivity (Wildman–Crippen MR) is 201 cm³/mol. The molecule has 246 valence electrons. The van der Waals surface area contributed by atoms with Crippen LogP contribution in [0.1, 0.15) is 168 Å². The van der Waals surface area contributed by atoms with Gasteiger partial charge < -0.3 is 9.80 Å². The Morgan fingerprint density at radius 2 is 0.844 bits per heavy atom. The van der Waals surface area contributed by atoms with Crippen LogP contribution in [0.2, 0.25) is 0 Å². The normalized spacial score (nSPS) is 18.6. The van der Waals surface area contributed by atoms with Crippen molar-refractivity contribution in [1.29, 1.82) is 0 Å². The van der Waals surface area contributed by atoms with Crippen LogP contribution in [0.25, 0.3) is 22.3 Å². The Balaban J connectivity index is 1.67. The number of hydrogen-bond donors (Lipinski definition) is 0. The van der Waals surface area contributed by atoms with Gasteiger partial charge in [0.2, 0.25) is 0 Å². The molecule has 0 atom stereocenters. The van der Waals surface area contributed by atoms with E-state index in [1.165, 1.54) is 135 Å². The summed E-state index contributed by atoms with van der Waals surface area (Å²) in [7, 11) is 4.62. The number of likely N-dealkylation sites (N-methyl/N-ethyl adjacent to an activating group) is 2. The molecule has 2 aromatic rings. The van der Waals surface area contributed by atoms with Crippen LogP contribution in [0.4, 0.5) is 11.4 Å². The summed E-state index contributed by atoms with van der Waals surface area (Å²) in [4.78, 5) is 5.07. The lowest BCUT2D eigenvalue weighted by Crippen LogP contribution is -2.42. The topological polar surface area (TPSA) is 6.48 Å². The fourth-order valence-corrected chi connectivity index (χ4v) is 8.85. The molecule has 0 N–H and O–H groups in total. The predicted octanol–water partition coefficient (Wildman–Crippen LogP) is 12.7. The molecule has 0 saturated heterocycles. The summed E-state index contributed by atoms with van der Waals surface area (Å²) in [5.41, 5.74) is 14.8. The monoisotopic (exact) mass is 609 g/mol. The Labute approximate surface area is 277 Å². The molecule has 0 aromatic heterocycles. The molecule has 2 nitrogen and oxygen atoms in total. The first kappa shape index (κ1) is 33.9. The zero-order valence-corrected chi connectivity index (χ0v) is 30.8. The van der Waals surface area contributed by atoms with Crippen LogP contribution in [-0.2, 0) is 5.41 Å². The van der Waals surface area contributed by atoms with Gasteiger partial charge in [-0.2, -0.15) is 0 Å². The summed E-state index contributed by atoms with van der Waals surface area (Å²) >= 11 is 0. The largest absolute Gasteiger partial charge is 0.365 e. The minimum atomic E-state index is 0.00723. The highest BCUT2D eigenvalue weighted by Gasteiger charge is 2.45. The summed E-state index contributed by atoms with van der Waals surface area (Å²) in [6.45, 7) is 18.8. The van der Waals surface area contributed by atoms with Gasteiger partial charge in [0.05, 0.1) is 11.1 Å². The molecule has 0 unspecified atom stereocenters. The van der Waals surface area contributed by atoms with Crippen LogP contribution in [-0.4, -0.2) is 25.2 Å². The number of hydrogen-bond acceptors (Lipinski definition) is 2. The first-order valence-corrected chi connectivity index (χ1v) is 18.6. The number of benzene rings is 2. The molecule has 2 aliphatic heterocycles. The van der Waals surface area contributed by atoms with Crippen molar-refractivity contribution < 1.29 is 0 Å². The molecular weight excluding hydrogens is 544 g/mol. The van der Waals surface area contributed by atoms with Gasteiger partial charge in [-0.25, -0.2) is 0 Å². The molecule has 2 aromatic carbocycles. The van der Waals surface area contributed by atoms with Crippen molar-refractivity contribution in [2.75, 3.05) is 23.9 Å². The minimum absolute atomic E-state index is 0.00723.